The number of halogens is 1. The number of carbonyl (C=O) groups is 1. The lowest BCUT2D eigenvalue weighted by molar-refractivity contribution is 0.0139. The van der Waals surface area contributed by atoms with Gasteiger partial charge in [-0.15, -0.1) is 0 Å². The summed E-state index contributed by atoms with van der Waals surface area (Å²) >= 11 is 0. The van der Waals surface area contributed by atoms with E-state index < -0.39 is 17.1 Å². The van der Waals surface area contributed by atoms with Crippen molar-refractivity contribution in [1.29, 1.82) is 0 Å². The van der Waals surface area contributed by atoms with Gasteiger partial charge in [0.15, 0.2) is 0 Å². The van der Waals surface area contributed by atoms with Gasteiger partial charge >= 0.3 is 6.09 Å². The Morgan fingerprint density at radius 3 is 2.56 bits per heavy atom. The third-order valence-electron chi connectivity index (χ3n) is 4.52. The van der Waals surface area contributed by atoms with Crippen molar-refractivity contribution in [3.05, 3.63) is 42.7 Å². The second-order valence-electron chi connectivity index (χ2n) is 7.80. The molecule has 27 heavy (non-hydrogen) atoms. The standard InChI is InChI=1S/C20H24FN3O3/c1-19(2,3)27-18(25)24(4)20(7-8-20)13-26-15-11-16(17(21)23-12-15)14-5-9-22-10-6-14/h5-6,9-12H,7-8,13H2,1-4H3. The maximum Gasteiger partial charge on any atom is 0.410 e. The minimum absolute atomic E-state index is 0.297. The Morgan fingerprint density at radius 1 is 1.30 bits per heavy atom. The molecular formula is C20H24FN3O3. The number of pyridine rings is 2. The van der Waals surface area contributed by atoms with E-state index in [2.05, 4.69) is 9.97 Å². The predicted octanol–water partition coefficient (Wildman–Crippen LogP) is 4.06. The molecule has 2 aromatic heterocycles. The van der Waals surface area contributed by atoms with Crippen LogP contribution in [0.4, 0.5) is 9.18 Å². The van der Waals surface area contributed by atoms with Gasteiger partial charge in [0.25, 0.3) is 0 Å². The third kappa shape index (κ3) is 4.53. The Hall–Kier alpha value is -2.70. The number of rotatable bonds is 5. The maximum atomic E-state index is 14.1. The van der Waals surface area contributed by atoms with Crippen LogP contribution in [-0.2, 0) is 4.74 Å². The summed E-state index contributed by atoms with van der Waals surface area (Å²) in [4.78, 5) is 21.6. The van der Waals surface area contributed by atoms with Crippen molar-refractivity contribution in [3.63, 3.8) is 0 Å². The first-order valence-corrected chi connectivity index (χ1v) is 8.86. The fourth-order valence-electron chi connectivity index (χ4n) is 2.70. The van der Waals surface area contributed by atoms with Gasteiger partial charge in [0.1, 0.15) is 18.0 Å². The van der Waals surface area contributed by atoms with Gasteiger partial charge in [-0.1, -0.05) is 0 Å². The summed E-state index contributed by atoms with van der Waals surface area (Å²) in [7, 11) is 1.72. The number of ether oxygens (including phenoxy) is 2. The number of amides is 1. The second kappa shape index (κ2) is 7.13. The first kappa shape index (κ1) is 19.1. The molecule has 1 fully saturated rings. The smallest absolute Gasteiger partial charge is 0.410 e. The Morgan fingerprint density at radius 2 is 1.96 bits per heavy atom. The molecule has 0 unspecified atom stereocenters. The first-order chi connectivity index (χ1) is 12.7. The topological polar surface area (TPSA) is 64.6 Å². The molecule has 2 aromatic rings. The zero-order valence-corrected chi connectivity index (χ0v) is 16.0. The van der Waals surface area contributed by atoms with Crippen molar-refractivity contribution in [1.82, 2.24) is 14.9 Å². The largest absolute Gasteiger partial charge is 0.489 e. The third-order valence-corrected chi connectivity index (χ3v) is 4.52. The van der Waals surface area contributed by atoms with E-state index in [-0.39, 0.29) is 6.09 Å². The van der Waals surface area contributed by atoms with E-state index in [9.17, 15) is 9.18 Å². The normalized spacial score (nSPS) is 15.1. The molecule has 144 valence electrons. The van der Waals surface area contributed by atoms with Gasteiger partial charge in [-0.2, -0.15) is 4.39 Å². The number of nitrogens with zero attached hydrogens (tertiary/aromatic N) is 3. The van der Waals surface area contributed by atoms with E-state index >= 15 is 0 Å². The van der Waals surface area contributed by atoms with Crippen molar-refractivity contribution in [3.8, 4) is 16.9 Å². The van der Waals surface area contributed by atoms with Gasteiger partial charge < -0.3 is 14.4 Å². The van der Waals surface area contributed by atoms with Crippen LogP contribution in [0.15, 0.2) is 36.8 Å². The highest BCUT2D eigenvalue weighted by Crippen LogP contribution is 2.42. The quantitative estimate of drug-likeness (QED) is 0.740. The number of aromatic nitrogens is 2. The van der Waals surface area contributed by atoms with Crippen molar-refractivity contribution < 1.29 is 18.7 Å². The van der Waals surface area contributed by atoms with Gasteiger partial charge in [-0.3, -0.25) is 4.98 Å². The molecule has 0 aliphatic heterocycles. The van der Waals surface area contributed by atoms with Crippen LogP contribution in [0.5, 0.6) is 5.75 Å². The molecule has 2 heterocycles. The van der Waals surface area contributed by atoms with Crippen molar-refractivity contribution in [2.24, 2.45) is 0 Å². The van der Waals surface area contributed by atoms with Crippen molar-refractivity contribution >= 4 is 6.09 Å². The lowest BCUT2D eigenvalue weighted by Crippen LogP contribution is -2.45. The van der Waals surface area contributed by atoms with Crippen LogP contribution in [0.3, 0.4) is 0 Å². The second-order valence-corrected chi connectivity index (χ2v) is 7.80. The molecule has 0 spiro atoms. The first-order valence-electron chi connectivity index (χ1n) is 8.86. The predicted molar refractivity (Wildman–Crippen MR) is 98.9 cm³/mol. The molecule has 0 aromatic carbocycles. The van der Waals surface area contributed by atoms with E-state index in [1.54, 1.807) is 42.5 Å². The molecule has 1 aliphatic rings. The molecule has 0 atom stereocenters. The Balaban J connectivity index is 1.69. The highest BCUT2D eigenvalue weighted by atomic mass is 19.1. The summed E-state index contributed by atoms with van der Waals surface area (Å²) in [6, 6.07) is 5.03. The summed E-state index contributed by atoms with van der Waals surface area (Å²) in [5.74, 6) is -0.118. The van der Waals surface area contributed by atoms with Gasteiger partial charge in [0, 0.05) is 25.0 Å². The highest BCUT2D eigenvalue weighted by Gasteiger charge is 2.50. The molecule has 1 amide bonds. The van der Waals surface area contributed by atoms with Gasteiger partial charge in [0.2, 0.25) is 5.95 Å². The summed E-state index contributed by atoms with van der Waals surface area (Å²) in [6.07, 6.45) is 5.82. The van der Waals surface area contributed by atoms with Crippen LogP contribution in [0.2, 0.25) is 0 Å². The minimum Gasteiger partial charge on any atom is -0.489 e. The van der Waals surface area contributed by atoms with Gasteiger partial charge in [-0.05, 0) is 57.4 Å². The summed E-state index contributed by atoms with van der Waals surface area (Å²) in [5, 5.41) is 0. The number of carbonyl (C=O) groups excluding carboxylic acids is 1. The Kier molecular flexibility index (Phi) is 5.04. The molecule has 7 heteroatoms. The van der Waals surface area contributed by atoms with Gasteiger partial charge in [-0.25, -0.2) is 9.78 Å². The summed E-state index contributed by atoms with van der Waals surface area (Å²) in [6.45, 7) is 5.80. The fraction of sp³-hybridized carbons (Fsp3) is 0.450. The van der Waals surface area contributed by atoms with Crippen LogP contribution in [0.1, 0.15) is 33.6 Å². The lowest BCUT2D eigenvalue weighted by atomic mass is 10.1. The van der Waals surface area contributed by atoms with E-state index in [1.165, 1.54) is 6.20 Å². The molecule has 0 N–H and O–H groups in total. The van der Waals surface area contributed by atoms with Crippen LogP contribution in [-0.4, -0.2) is 45.8 Å². The number of hydrogen-bond donors (Lipinski definition) is 0. The van der Waals surface area contributed by atoms with Crippen LogP contribution in [0, 0.1) is 5.95 Å². The van der Waals surface area contributed by atoms with E-state index in [0.717, 1.165) is 12.8 Å². The monoisotopic (exact) mass is 373 g/mol. The zero-order chi connectivity index (χ0) is 19.7. The molecule has 1 saturated carbocycles. The average Bonchev–Trinajstić information content (AvgIpc) is 3.41. The van der Waals surface area contributed by atoms with Crippen LogP contribution in [0.25, 0.3) is 11.1 Å². The number of likely N-dealkylation sites (N-methyl/N-ethyl adjacent to an activating group) is 1. The van der Waals surface area contributed by atoms with Crippen molar-refractivity contribution in [2.75, 3.05) is 13.7 Å². The SMILES string of the molecule is CN(C(=O)OC(C)(C)C)C1(COc2cnc(F)c(-c3ccncc3)c2)CC1. The van der Waals surface area contributed by atoms with Crippen molar-refractivity contribution in [2.45, 2.75) is 44.8 Å². The maximum absolute atomic E-state index is 14.1. The average molecular weight is 373 g/mol. The molecule has 0 radical (unpaired) electrons. The molecule has 6 nitrogen and oxygen atoms in total. The lowest BCUT2D eigenvalue weighted by Gasteiger charge is -2.30. The molecule has 0 saturated heterocycles. The summed E-state index contributed by atoms with van der Waals surface area (Å²) < 4.78 is 25.4. The Bertz CT molecular complexity index is 817. The zero-order valence-electron chi connectivity index (χ0n) is 16.0. The molecule has 3 rings (SSSR count). The van der Waals surface area contributed by atoms with Crippen LogP contribution >= 0.6 is 0 Å². The van der Waals surface area contributed by atoms with E-state index in [4.69, 9.17) is 9.47 Å². The van der Waals surface area contributed by atoms with E-state index in [0.29, 0.717) is 23.5 Å². The number of hydrogen-bond acceptors (Lipinski definition) is 5. The van der Waals surface area contributed by atoms with Gasteiger partial charge in [0.05, 0.1) is 11.7 Å². The summed E-state index contributed by atoms with van der Waals surface area (Å²) in [5.41, 5.74) is 0.0728. The van der Waals surface area contributed by atoms with E-state index in [1.807, 2.05) is 20.8 Å². The molecular weight excluding hydrogens is 349 g/mol. The molecule has 1 aliphatic carbocycles. The fourth-order valence-corrected chi connectivity index (χ4v) is 2.70. The Labute approximate surface area is 158 Å². The minimum atomic E-state index is -0.569. The molecule has 0 bridgehead atoms. The highest BCUT2D eigenvalue weighted by molar-refractivity contribution is 5.69. The van der Waals surface area contributed by atoms with Crippen LogP contribution < -0.4 is 4.74 Å².